The molecule has 5 heteroatoms. The van der Waals surface area contributed by atoms with Crippen LogP contribution in [0.4, 0.5) is 0 Å². The van der Waals surface area contributed by atoms with E-state index in [2.05, 4.69) is 24.0 Å². The molecular formula is C16H25NO3S. The van der Waals surface area contributed by atoms with Gasteiger partial charge in [-0.15, -0.1) is 0 Å². The molecule has 1 atom stereocenters. The topological polar surface area (TPSA) is 38.8 Å². The van der Waals surface area contributed by atoms with E-state index < -0.39 is 11.1 Å². The average Bonchev–Trinajstić information content (AvgIpc) is 2.54. The van der Waals surface area contributed by atoms with E-state index in [0.717, 1.165) is 57.0 Å². The molecule has 0 bridgehead atoms. The molecule has 4 nitrogen and oxygen atoms in total. The van der Waals surface area contributed by atoms with Crippen LogP contribution in [0.1, 0.15) is 25.3 Å². The second-order valence-corrected chi connectivity index (χ2v) is 6.43. The van der Waals surface area contributed by atoms with E-state index in [4.69, 9.17) is 8.92 Å². The van der Waals surface area contributed by atoms with Gasteiger partial charge in [0.05, 0.1) is 24.7 Å². The van der Waals surface area contributed by atoms with Gasteiger partial charge in [-0.2, -0.15) is 0 Å². The Hall–Kier alpha value is -0.750. The van der Waals surface area contributed by atoms with E-state index in [1.54, 1.807) is 0 Å². The minimum absolute atomic E-state index is 0.557. The highest BCUT2D eigenvalue weighted by Crippen LogP contribution is 2.11. The van der Waals surface area contributed by atoms with Crippen LogP contribution < -0.4 is 0 Å². The lowest BCUT2D eigenvalue weighted by Gasteiger charge is -2.26. The number of hydrogen-bond donors (Lipinski definition) is 0. The van der Waals surface area contributed by atoms with Crippen LogP contribution in [0, 0.1) is 0 Å². The molecule has 0 N–H and O–H groups in total. The van der Waals surface area contributed by atoms with E-state index in [1.807, 2.05) is 12.1 Å². The maximum Gasteiger partial charge on any atom is 0.189 e. The van der Waals surface area contributed by atoms with Crippen LogP contribution in [0.2, 0.25) is 0 Å². The fraction of sp³-hybridized carbons (Fsp3) is 0.625. The molecule has 118 valence electrons. The maximum atomic E-state index is 11.9. The zero-order valence-corrected chi connectivity index (χ0v) is 13.6. The fourth-order valence-corrected chi connectivity index (χ4v) is 2.99. The minimum Gasteiger partial charge on any atom is -0.379 e. The van der Waals surface area contributed by atoms with Crippen molar-refractivity contribution in [3.8, 4) is 0 Å². The molecule has 0 radical (unpaired) electrons. The molecule has 1 aromatic rings. The molecule has 1 unspecified atom stereocenters. The van der Waals surface area contributed by atoms with Gasteiger partial charge >= 0.3 is 0 Å². The maximum absolute atomic E-state index is 11.9. The highest BCUT2D eigenvalue weighted by Gasteiger charge is 2.10. The van der Waals surface area contributed by atoms with Gasteiger partial charge in [0.25, 0.3) is 0 Å². The van der Waals surface area contributed by atoms with Crippen molar-refractivity contribution in [2.24, 2.45) is 0 Å². The Morgan fingerprint density at radius 2 is 1.95 bits per heavy atom. The van der Waals surface area contributed by atoms with Crippen LogP contribution in [0.5, 0.6) is 0 Å². The summed E-state index contributed by atoms with van der Waals surface area (Å²) in [4.78, 5) is 3.17. The van der Waals surface area contributed by atoms with E-state index in [0.29, 0.717) is 6.61 Å². The van der Waals surface area contributed by atoms with Crippen LogP contribution in [-0.2, 0) is 26.4 Å². The molecule has 21 heavy (non-hydrogen) atoms. The molecule has 1 fully saturated rings. The van der Waals surface area contributed by atoms with Gasteiger partial charge in [-0.25, -0.2) is 4.21 Å². The Kier molecular flexibility index (Phi) is 7.36. The molecule has 1 aromatic carbocycles. The van der Waals surface area contributed by atoms with E-state index in [1.165, 1.54) is 5.56 Å². The molecule has 0 aromatic heterocycles. The number of morpholine rings is 1. The van der Waals surface area contributed by atoms with Crippen molar-refractivity contribution < 1.29 is 13.1 Å². The van der Waals surface area contributed by atoms with Crippen LogP contribution >= 0.6 is 0 Å². The predicted molar refractivity (Wildman–Crippen MR) is 84.7 cm³/mol. The lowest BCUT2D eigenvalue weighted by Crippen LogP contribution is -2.37. The predicted octanol–water partition coefficient (Wildman–Crippen LogP) is 2.40. The van der Waals surface area contributed by atoms with Crippen molar-refractivity contribution >= 4 is 11.1 Å². The van der Waals surface area contributed by atoms with E-state index >= 15 is 0 Å². The van der Waals surface area contributed by atoms with Crippen LogP contribution in [0.15, 0.2) is 29.2 Å². The summed E-state index contributed by atoms with van der Waals surface area (Å²) in [5.74, 6) is 0. The Labute approximate surface area is 130 Å². The molecule has 0 amide bonds. The summed E-state index contributed by atoms with van der Waals surface area (Å²) in [6.07, 6.45) is 3.02. The molecule has 0 spiro atoms. The smallest absolute Gasteiger partial charge is 0.189 e. The summed E-state index contributed by atoms with van der Waals surface area (Å²) in [7, 11) is 0. The van der Waals surface area contributed by atoms with Gasteiger partial charge in [0.2, 0.25) is 0 Å². The molecule has 2 rings (SSSR count). The Bertz CT molecular complexity index is 430. The standard InChI is InChI=1S/C16H25NO3S/c1-2-3-12-20-21(18)16-6-4-15(5-7-16)8-9-17-10-13-19-14-11-17/h4-7H,2-3,8-14H2,1H3. The number of ether oxygens (including phenoxy) is 1. The third-order valence-corrected chi connectivity index (χ3v) is 4.66. The van der Waals surface area contributed by atoms with Crippen molar-refractivity contribution in [1.82, 2.24) is 4.90 Å². The monoisotopic (exact) mass is 311 g/mol. The quantitative estimate of drug-likeness (QED) is 0.691. The van der Waals surface area contributed by atoms with Crippen LogP contribution in [0.25, 0.3) is 0 Å². The van der Waals surface area contributed by atoms with Gasteiger partial charge in [0.15, 0.2) is 11.1 Å². The van der Waals surface area contributed by atoms with Crippen molar-refractivity contribution in [3.63, 3.8) is 0 Å². The first-order chi connectivity index (χ1) is 10.3. The summed E-state index contributed by atoms with van der Waals surface area (Å²) in [6.45, 7) is 7.43. The Morgan fingerprint density at radius 3 is 2.62 bits per heavy atom. The summed E-state index contributed by atoms with van der Waals surface area (Å²) in [6, 6.07) is 7.93. The summed E-state index contributed by atoms with van der Waals surface area (Å²) < 4.78 is 22.6. The fourth-order valence-electron chi connectivity index (χ4n) is 2.23. The molecule has 0 saturated carbocycles. The SMILES string of the molecule is CCCCOS(=O)c1ccc(CCN2CCOCC2)cc1. The number of nitrogens with zero attached hydrogens (tertiary/aromatic N) is 1. The highest BCUT2D eigenvalue weighted by molar-refractivity contribution is 7.80. The van der Waals surface area contributed by atoms with Gasteiger partial charge in [-0.1, -0.05) is 25.5 Å². The average molecular weight is 311 g/mol. The third kappa shape index (κ3) is 5.87. The van der Waals surface area contributed by atoms with Crippen molar-refractivity contribution in [1.29, 1.82) is 0 Å². The lowest BCUT2D eigenvalue weighted by atomic mass is 10.1. The summed E-state index contributed by atoms with van der Waals surface area (Å²) in [5, 5.41) is 0. The molecule has 1 heterocycles. The van der Waals surface area contributed by atoms with Crippen LogP contribution in [-0.4, -0.2) is 48.6 Å². The molecule has 1 saturated heterocycles. The number of hydrogen-bond acceptors (Lipinski definition) is 4. The third-order valence-electron chi connectivity index (χ3n) is 3.62. The Balaban J connectivity index is 1.76. The van der Waals surface area contributed by atoms with Crippen molar-refractivity contribution in [2.75, 3.05) is 39.5 Å². The second-order valence-electron chi connectivity index (χ2n) is 5.26. The second kappa shape index (κ2) is 9.30. The molecular weight excluding hydrogens is 286 g/mol. The molecule has 1 aliphatic rings. The normalized spacial score (nSPS) is 17.8. The summed E-state index contributed by atoms with van der Waals surface area (Å²) in [5.41, 5.74) is 1.27. The van der Waals surface area contributed by atoms with E-state index in [-0.39, 0.29) is 0 Å². The first-order valence-electron chi connectivity index (χ1n) is 7.73. The van der Waals surface area contributed by atoms with Crippen LogP contribution in [0.3, 0.4) is 0 Å². The van der Waals surface area contributed by atoms with E-state index in [9.17, 15) is 4.21 Å². The number of unbranched alkanes of at least 4 members (excludes halogenated alkanes) is 1. The number of rotatable bonds is 8. The molecule has 0 aliphatic carbocycles. The Morgan fingerprint density at radius 1 is 1.24 bits per heavy atom. The van der Waals surface area contributed by atoms with Gasteiger partial charge < -0.3 is 4.74 Å². The van der Waals surface area contributed by atoms with Gasteiger partial charge in [0, 0.05) is 19.6 Å². The zero-order valence-electron chi connectivity index (χ0n) is 12.8. The van der Waals surface area contributed by atoms with Gasteiger partial charge in [0.1, 0.15) is 0 Å². The lowest BCUT2D eigenvalue weighted by molar-refractivity contribution is 0.0384. The van der Waals surface area contributed by atoms with Crippen molar-refractivity contribution in [3.05, 3.63) is 29.8 Å². The first kappa shape index (κ1) is 16.6. The minimum atomic E-state index is -1.33. The largest absolute Gasteiger partial charge is 0.379 e. The van der Waals surface area contributed by atoms with Gasteiger partial charge in [-0.05, 0) is 30.5 Å². The molecule has 1 aliphatic heterocycles. The first-order valence-corrected chi connectivity index (χ1v) is 8.81. The summed E-state index contributed by atoms with van der Waals surface area (Å²) >= 11 is -1.33. The number of benzene rings is 1. The highest BCUT2D eigenvalue weighted by atomic mass is 32.2. The zero-order chi connectivity index (χ0) is 14.9. The van der Waals surface area contributed by atoms with Gasteiger partial charge in [-0.3, -0.25) is 9.08 Å². The van der Waals surface area contributed by atoms with Crippen molar-refractivity contribution in [2.45, 2.75) is 31.1 Å².